The molecular formula is C22H23NO5S. The summed E-state index contributed by atoms with van der Waals surface area (Å²) in [5, 5.41) is 10.3. The molecule has 0 saturated carbocycles. The van der Waals surface area contributed by atoms with Crippen LogP contribution in [0.25, 0.3) is 17.0 Å². The zero-order valence-electron chi connectivity index (χ0n) is 16.5. The number of Topliss-reactive ketones (excluding diaryl/α,β-unsaturated/α-hetero) is 1. The van der Waals surface area contributed by atoms with E-state index >= 15 is 0 Å². The van der Waals surface area contributed by atoms with Crippen molar-refractivity contribution in [3.05, 3.63) is 58.6 Å². The van der Waals surface area contributed by atoms with Gasteiger partial charge in [0.25, 0.3) is 0 Å². The third kappa shape index (κ3) is 4.41. The van der Waals surface area contributed by atoms with Gasteiger partial charge in [-0.2, -0.15) is 0 Å². The highest BCUT2D eigenvalue weighted by molar-refractivity contribution is 8.04. The van der Waals surface area contributed by atoms with Crippen molar-refractivity contribution in [1.29, 1.82) is 0 Å². The number of carbonyl (C=O) groups is 1. The van der Waals surface area contributed by atoms with Gasteiger partial charge in [0.1, 0.15) is 0 Å². The number of aliphatic hydroxyl groups is 1. The van der Waals surface area contributed by atoms with Crippen molar-refractivity contribution in [1.82, 2.24) is 4.98 Å². The van der Waals surface area contributed by atoms with Crippen LogP contribution in [0.5, 0.6) is 17.2 Å². The molecule has 0 saturated heterocycles. The van der Waals surface area contributed by atoms with Gasteiger partial charge in [0.2, 0.25) is 5.75 Å². The largest absolute Gasteiger partial charge is 0.493 e. The first kappa shape index (κ1) is 20.8. The zero-order valence-corrected chi connectivity index (χ0v) is 17.3. The number of benzene rings is 2. The molecule has 0 atom stereocenters. The number of thioether (sulfide) groups is 1. The average Bonchev–Trinajstić information content (AvgIpc) is 3.17. The van der Waals surface area contributed by atoms with Crippen molar-refractivity contribution in [2.24, 2.45) is 0 Å². The van der Waals surface area contributed by atoms with Gasteiger partial charge in [-0.3, -0.25) is 4.79 Å². The van der Waals surface area contributed by atoms with Crippen LogP contribution in [0.4, 0.5) is 0 Å². The van der Waals surface area contributed by atoms with Crippen molar-refractivity contribution in [3.8, 4) is 17.2 Å². The van der Waals surface area contributed by atoms with Crippen LogP contribution < -0.4 is 14.2 Å². The molecule has 6 nitrogen and oxygen atoms in total. The lowest BCUT2D eigenvalue weighted by Gasteiger charge is -2.14. The molecule has 0 fully saturated rings. The maximum Gasteiger partial charge on any atom is 0.203 e. The topological polar surface area (TPSA) is 80.8 Å². The van der Waals surface area contributed by atoms with Crippen molar-refractivity contribution < 1.29 is 24.1 Å². The van der Waals surface area contributed by atoms with Crippen LogP contribution in [-0.4, -0.2) is 49.6 Å². The summed E-state index contributed by atoms with van der Waals surface area (Å²) >= 11 is 1.30. The molecule has 2 aromatic carbocycles. The fraction of sp³-hybridized carbons (Fsp3) is 0.227. The summed E-state index contributed by atoms with van der Waals surface area (Å²) in [6.07, 6.45) is 3.71. The molecule has 2 N–H and O–H groups in total. The molecule has 0 amide bonds. The Labute approximate surface area is 173 Å². The minimum Gasteiger partial charge on any atom is -0.493 e. The van der Waals surface area contributed by atoms with Gasteiger partial charge in [0.05, 0.1) is 32.8 Å². The Morgan fingerprint density at radius 2 is 1.79 bits per heavy atom. The first-order valence-electron chi connectivity index (χ1n) is 8.99. The van der Waals surface area contributed by atoms with Crippen molar-refractivity contribution in [2.75, 3.05) is 33.7 Å². The number of methoxy groups -OCH3 is 3. The van der Waals surface area contributed by atoms with E-state index in [2.05, 4.69) is 4.98 Å². The van der Waals surface area contributed by atoms with Crippen LogP contribution in [0, 0.1) is 0 Å². The molecule has 0 radical (unpaired) electrons. The van der Waals surface area contributed by atoms with Gasteiger partial charge >= 0.3 is 0 Å². The number of nitrogens with one attached hydrogen (secondary N) is 1. The van der Waals surface area contributed by atoms with Crippen molar-refractivity contribution in [3.63, 3.8) is 0 Å². The number of allylic oxidation sites excluding steroid dienone is 1. The molecule has 0 aliphatic heterocycles. The van der Waals surface area contributed by atoms with Crippen molar-refractivity contribution >= 4 is 34.5 Å². The first-order valence-corrected chi connectivity index (χ1v) is 9.97. The number of carbonyl (C=O) groups excluding carboxylic acids is 1. The lowest BCUT2D eigenvalue weighted by Crippen LogP contribution is -2.05. The third-order valence-electron chi connectivity index (χ3n) is 4.41. The Bertz CT molecular complexity index is 1020. The normalized spacial score (nSPS) is 11.5. The Hall–Kier alpha value is -2.90. The number of aromatic nitrogens is 1. The minimum absolute atomic E-state index is 0.0293. The zero-order chi connectivity index (χ0) is 20.8. The predicted octanol–water partition coefficient (Wildman–Crippen LogP) is 4.14. The van der Waals surface area contributed by atoms with Crippen LogP contribution in [0.2, 0.25) is 0 Å². The van der Waals surface area contributed by atoms with E-state index in [1.165, 1.54) is 33.1 Å². The van der Waals surface area contributed by atoms with E-state index in [9.17, 15) is 9.90 Å². The Morgan fingerprint density at radius 1 is 1.10 bits per heavy atom. The van der Waals surface area contributed by atoms with Crippen molar-refractivity contribution in [2.45, 2.75) is 0 Å². The molecule has 3 aromatic rings. The highest BCUT2D eigenvalue weighted by atomic mass is 32.2. The number of hydrogen-bond donors (Lipinski definition) is 2. The molecule has 29 heavy (non-hydrogen) atoms. The number of aromatic amines is 1. The molecule has 7 heteroatoms. The quantitative estimate of drug-likeness (QED) is 0.405. The van der Waals surface area contributed by atoms with E-state index in [4.69, 9.17) is 14.2 Å². The number of rotatable bonds is 9. The van der Waals surface area contributed by atoms with Gasteiger partial charge < -0.3 is 24.3 Å². The lowest BCUT2D eigenvalue weighted by molar-refractivity contribution is 0.104. The maximum atomic E-state index is 13.3. The highest BCUT2D eigenvalue weighted by Crippen LogP contribution is 2.39. The van der Waals surface area contributed by atoms with E-state index in [-0.39, 0.29) is 12.4 Å². The summed E-state index contributed by atoms with van der Waals surface area (Å²) in [5.74, 6) is 1.47. The third-order valence-corrected chi connectivity index (χ3v) is 5.41. The second kappa shape index (κ2) is 9.54. The van der Waals surface area contributed by atoms with Gasteiger partial charge in [-0.15, -0.1) is 11.8 Å². The second-order valence-electron chi connectivity index (χ2n) is 6.11. The summed E-state index contributed by atoms with van der Waals surface area (Å²) in [4.78, 5) is 17.0. The standard InChI is InChI=1S/C22H23NO5S/c1-26-18-10-14(11-19(27-2)22(18)28-3)21(25)20(29-9-8-24)12-15-13-23-17-7-5-4-6-16(15)17/h4-7,10-13,23-24H,8-9H2,1-3H3. The Kier molecular flexibility index (Phi) is 6.85. The van der Waals surface area contributed by atoms with Gasteiger partial charge in [0.15, 0.2) is 17.3 Å². The molecule has 0 spiro atoms. The van der Waals surface area contributed by atoms with E-state index in [0.717, 1.165) is 16.5 Å². The monoisotopic (exact) mass is 413 g/mol. The second-order valence-corrected chi connectivity index (χ2v) is 7.25. The number of ketones is 1. The van der Waals surface area contributed by atoms with Crippen LogP contribution in [-0.2, 0) is 0 Å². The van der Waals surface area contributed by atoms with Crippen LogP contribution in [0.15, 0.2) is 47.5 Å². The fourth-order valence-corrected chi connectivity index (χ4v) is 3.81. The Balaban J connectivity index is 2.06. The van der Waals surface area contributed by atoms with E-state index < -0.39 is 0 Å². The van der Waals surface area contributed by atoms with Crippen LogP contribution >= 0.6 is 11.8 Å². The number of hydrogen-bond acceptors (Lipinski definition) is 6. The number of fused-ring (bicyclic) bond motifs is 1. The predicted molar refractivity (Wildman–Crippen MR) is 116 cm³/mol. The molecule has 1 heterocycles. The van der Waals surface area contributed by atoms with Gasteiger partial charge in [-0.05, 0) is 24.3 Å². The number of para-hydroxylation sites is 1. The molecule has 0 bridgehead atoms. The van der Waals surface area contributed by atoms with Crippen LogP contribution in [0.3, 0.4) is 0 Å². The number of ether oxygens (including phenoxy) is 3. The lowest BCUT2D eigenvalue weighted by atomic mass is 10.1. The number of aliphatic hydroxyl groups excluding tert-OH is 1. The highest BCUT2D eigenvalue weighted by Gasteiger charge is 2.20. The van der Waals surface area contributed by atoms with E-state index in [1.54, 1.807) is 12.1 Å². The maximum absolute atomic E-state index is 13.3. The average molecular weight is 413 g/mol. The Morgan fingerprint density at radius 3 is 2.41 bits per heavy atom. The SMILES string of the molecule is COc1cc(C(=O)C(=Cc2c[nH]c3ccccc23)SCCO)cc(OC)c1OC. The first-order chi connectivity index (χ1) is 14.1. The smallest absolute Gasteiger partial charge is 0.203 e. The van der Waals surface area contributed by atoms with Gasteiger partial charge in [-0.1, -0.05) is 18.2 Å². The molecule has 152 valence electrons. The molecule has 1 aromatic heterocycles. The van der Waals surface area contributed by atoms with Crippen LogP contribution in [0.1, 0.15) is 15.9 Å². The van der Waals surface area contributed by atoms with Gasteiger partial charge in [0, 0.05) is 34.0 Å². The molecular weight excluding hydrogens is 390 g/mol. The van der Waals surface area contributed by atoms with Gasteiger partial charge in [-0.25, -0.2) is 0 Å². The molecule has 0 aliphatic carbocycles. The summed E-state index contributed by atoms with van der Waals surface area (Å²) in [5.41, 5.74) is 2.31. The number of H-pyrrole nitrogens is 1. The minimum atomic E-state index is -0.187. The van der Waals surface area contributed by atoms with E-state index in [0.29, 0.717) is 33.5 Å². The molecule has 0 aliphatic rings. The van der Waals surface area contributed by atoms with E-state index in [1.807, 2.05) is 36.5 Å². The summed E-state index contributed by atoms with van der Waals surface area (Å²) in [7, 11) is 4.53. The fourth-order valence-electron chi connectivity index (χ4n) is 3.04. The molecule has 3 rings (SSSR count). The summed E-state index contributed by atoms with van der Waals surface area (Å²) < 4.78 is 16.1. The summed E-state index contributed by atoms with van der Waals surface area (Å²) in [6, 6.07) is 11.1. The molecule has 0 unspecified atom stereocenters. The summed E-state index contributed by atoms with van der Waals surface area (Å²) in [6.45, 7) is -0.0293.